The van der Waals surface area contributed by atoms with E-state index in [1.54, 1.807) is 29.3 Å². The van der Waals surface area contributed by atoms with E-state index in [4.69, 9.17) is 9.47 Å². The van der Waals surface area contributed by atoms with Gasteiger partial charge < -0.3 is 24.6 Å². The van der Waals surface area contributed by atoms with Crippen molar-refractivity contribution >= 4 is 12.0 Å². The molecule has 1 aromatic heterocycles. The van der Waals surface area contributed by atoms with Crippen LogP contribution >= 0.6 is 0 Å². The zero-order chi connectivity index (χ0) is 27.0. The summed E-state index contributed by atoms with van der Waals surface area (Å²) in [5.41, 5.74) is 1.45. The highest BCUT2D eigenvalue weighted by atomic mass is 19.1. The number of rotatable bonds is 4. The lowest BCUT2D eigenvalue weighted by atomic mass is 10.0. The van der Waals surface area contributed by atoms with E-state index in [2.05, 4.69) is 15.2 Å². The van der Waals surface area contributed by atoms with Gasteiger partial charge in [-0.25, -0.2) is 9.18 Å². The van der Waals surface area contributed by atoms with Gasteiger partial charge in [0.25, 0.3) is 5.91 Å². The number of nitrogens with zero attached hydrogens (tertiary/aromatic N) is 4. The molecule has 5 rings (SSSR count). The van der Waals surface area contributed by atoms with Gasteiger partial charge in [0.2, 0.25) is 0 Å². The second-order valence-corrected chi connectivity index (χ2v) is 11.1. The van der Waals surface area contributed by atoms with E-state index in [1.165, 1.54) is 13.2 Å². The summed E-state index contributed by atoms with van der Waals surface area (Å²) in [6.45, 7) is 9.46. The van der Waals surface area contributed by atoms with Gasteiger partial charge in [-0.2, -0.15) is 0 Å². The van der Waals surface area contributed by atoms with Crippen LogP contribution < -0.4 is 10.1 Å². The molecule has 38 heavy (non-hydrogen) atoms. The number of piperazine rings is 1. The minimum Gasteiger partial charge on any atom is -0.496 e. The molecule has 0 aliphatic carbocycles. The van der Waals surface area contributed by atoms with Crippen LogP contribution in [-0.2, 0) is 11.3 Å². The number of benzene rings is 1. The van der Waals surface area contributed by atoms with Crippen LogP contribution in [0.15, 0.2) is 30.5 Å². The van der Waals surface area contributed by atoms with E-state index in [0.29, 0.717) is 48.7 Å². The lowest BCUT2D eigenvalue weighted by Crippen LogP contribution is -2.63. The second-order valence-electron chi connectivity index (χ2n) is 11.1. The number of halogens is 1. The van der Waals surface area contributed by atoms with Crippen molar-refractivity contribution in [2.24, 2.45) is 0 Å². The smallest absolute Gasteiger partial charge is 0.410 e. The highest BCUT2D eigenvalue weighted by Crippen LogP contribution is 2.38. The first kappa shape index (κ1) is 26.4. The highest BCUT2D eigenvalue weighted by molar-refractivity contribution is 6.00. The van der Waals surface area contributed by atoms with Crippen molar-refractivity contribution < 1.29 is 23.5 Å². The van der Waals surface area contributed by atoms with Crippen LogP contribution in [0.1, 0.15) is 49.5 Å². The van der Waals surface area contributed by atoms with Gasteiger partial charge in [-0.15, -0.1) is 0 Å². The first-order valence-electron chi connectivity index (χ1n) is 13.2. The third-order valence-corrected chi connectivity index (χ3v) is 7.51. The summed E-state index contributed by atoms with van der Waals surface area (Å²) in [6.07, 6.45) is 2.75. The van der Waals surface area contributed by atoms with Crippen LogP contribution in [0, 0.1) is 5.82 Å². The van der Waals surface area contributed by atoms with Gasteiger partial charge >= 0.3 is 6.09 Å². The number of ether oxygens (including phenoxy) is 2. The Morgan fingerprint density at radius 2 is 1.92 bits per heavy atom. The maximum Gasteiger partial charge on any atom is 0.410 e. The van der Waals surface area contributed by atoms with Crippen molar-refractivity contribution in [1.29, 1.82) is 0 Å². The Bertz CT molecular complexity index is 1210. The summed E-state index contributed by atoms with van der Waals surface area (Å²) in [5, 5.41) is 3.44. The Morgan fingerprint density at radius 3 is 2.63 bits per heavy atom. The molecule has 2 saturated heterocycles. The standard InChI is InChI=1S/C28H36FN5O4/c1-28(2,3)38-27(36)32-13-9-18(10-14-32)33-15-12-30-16-23(33)34-17-20-19(26(34)35)8-11-31-25(20)24-21(29)6-5-7-22(24)37-4/h5-8,11,18,23,30H,9-10,12-17H2,1-4H3. The number of hydrogen-bond donors (Lipinski definition) is 1. The molecule has 0 spiro atoms. The Hall–Kier alpha value is -3.24. The fourth-order valence-corrected chi connectivity index (χ4v) is 5.74. The molecule has 1 unspecified atom stereocenters. The molecule has 1 aromatic carbocycles. The van der Waals surface area contributed by atoms with Gasteiger partial charge in [0.1, 0.15) is 17.2 Å². The number of carbonyl (C=O) groups excluding carboxylic acids is 2. The van der Waals surface area contributed by atoms with Crippen molar-refractivity contribution in [2.45, 2.75) is 58.0 Å². The van der Waals surface area contributed by atoms with E-state index in [1.807, 2.05) is 25.7 Å². The number of amides is 2. The third-order valence-electron chi connectivity index (χ3n) is 7.51. The van der Waals surface area contributed by atoms with Gasteiger partial charge in [0.15, 0.2) is 0 Å². The topological polar surface area (TPSA) is 87.2 Å². The summed E-state index contributed by atoms with van der Waals surface area (Å²) in [5.74, 6) is -0.132. The van der Waals surface area contributed by atoms with E-state index >= 15 is 0 Å². The van der Waals surface area contributed by atoms with Crippen molar-refractivity contribution in [3.8, 4) is 17.0 Å². The molecule has 2 fully saturated rings. The van der Waals surface area contributed by atoms with Crippen molar-refractivity contribution in [3.05, 3.63) is 47.4 Å². The number of fused-ring (bicyclic) bond motifs is 1. The maximum absolute atomic E-state index is 15.0. The molecule has 10 heteroatoms. The Kier molecular flexibility index (Phi) is 7.28. The van der Waals surface area contributed by atoms with Gasteiger partial charge in [-0.3, -0.25) is 14.7 Å². The molecule has 204 valence electrons. The molecular formula is C28H36FN5O4. The van der Waals surface area contributed by atoms with E-state index in [-0.39, 0.29) is 29.8 Å². The quantitative estimate of drug-likeness (QED) is 0.654. The van der Waals surface area contributed by atoms with Crippen LogP contribution in [0.3, 0.4) is 0 Å². The fraction of sp³-hybridized carbons (Fsp3) is 0.536. The van der Waals surface area contributed by atoms with E-state index < -0.39 is 11.4 Å². The fourth-order valence-electron chi connectivity index (χ4n) is 5.74. The summed E-state index contributed by atoms with van der Waals surface area (Å²) in [6, 6.07) is 6.63. The Labute approximate surface area is 222 Å². The number of piperidine rings is 1. The third kappa shape index (κ3) is 5.07. The Balaban J connectivity index is 1.35. The molecule has 4 heterocycles. The maximum atomic E-state index is 15.0. The number of aromatic nitrogens is 1. The van der Waals surface area contributed by atoms with Crippen LogP contribution in [0.2, 0.25) is 0 Å². The molecule has 1 atom stereocenters. The molecule has 2 aromatic rings. The minimum atomic E-state index is -0.525. The summed E-state index contributed by atoms with van der Waals surface area (Å²) in [7, 11) is 1.50. The van der Waals surface area contributed by atoms with E-state index in [9.17, 15) is 14.0 Å². The van der Waals surface area contributed by atoms with Crippen molar-refractivity contribution in [3.63, 3.8) is 0 Å². The first-order valence-corrected chi connectivity index (χ1v) is 13.2. The minimum absolute atomic E-state index is 0.0798. The lowest BCUT2D eigenvalue weighted by Gasteiger charge is -2.47. The average molecular weight is 526 g/mol. The summed E-state index contributed by atoms with van der Waals surface area (Å²) >= 11 is 0. The SMILES string of the molecule is COc1cccc(F)c1-c1nccc2c1CN(C1CNCCN1C1CCN(C(=O)OC(C)(C)C)CC1)C2=O. The van der Waals surface area contributed by atoms with Crippen LogP contribution in [0.4, 0.5) is 9.18 Å². The molecule has 3 aliphatic heterocycles. The molecule has 3 aliphatic rings. The zero-order valence-electron chi connectivity index (χ0n) is 22.5. The number of nitrogens with one attached hydrogen (secondary N) is 1. The lowest BCUT2D eigenvalue weighted by molar-refractivity contribution is -0.0208. The Morgan fingerprint density at radius 1 is 1.16 bits per heavy atom. The molecule has 9 nitrogen and oxygen atoms in total. The highest BCUT2D eigenvalue weighted by Gasteiger charge is 2.42. The normalized spacial score (nSPS) is 21.0. The van der Waals surface area contributed by atoms with Gasteiger partial charge in [-0.1, -0.05) is 6.07 Å². The molecule has 0 saturated carbocycles. The molecule has 1 N–H and O–H groups in total. The molecule has 2 amide bonds. The first-order chi connectivity index (χ1) is 18.2. The molecular weight excluding hydrogens is 489 g/mol. The zero-order valence-corrected chi connectivity index (χ0v) is 22.5. The number of pyridine rings is 1. The molecule has 0 radical (unpaired) electrons. The average Bonchev–Trinajstić information content (AvgIpc) is 3.24. The van der Waals surface area contributed by atoms with Gasteiger partial charge in [0.05, 0.1) is 31.1 Å². The van der Waals surface area contributed by atoms with Crippen molar-refractivity contribution in [1.82, 2.24) is 25.0 Å². The predicted octanol–water partition coefficient (Wildman–Crippen LogP) is 3.48. The van der Waals surface area contributed by atoms with Crippen LogP contribution in [-0.4, -0.2) is 89.3 Å². The van der Waals surface area contributed by atoms with Crippen LogP contribution in [0.5, 0.6) is 5.75 Å². The second kappa shape index (κ2) is 10.5. The van der Waals surface area contributed by atoms with Crippen molar-refractivity contribution in [2.75, 3.05) is 39.8 Å². The largest absolute Gasteiger partial charge is 0.496 e. The number of hydrogen-bond acceptors (Lipinski definition) is 7. The van der Waals surface area contributed by atoms with E-state index in [0.717, 1.165) is 25.9 Å². The van der Waals surface area contributed by atoms with Gasteiger partial charge in [0, 0.05) is 56.1 Å². The number of likely N-dealkylation sites (tertiary alicyclic amines) is 1. The molecule has 0 bridgehead atoms. The number of methoxy groups -OCH3 is 1. The summed E-state index contributed by atoms with van der Waals surface area (Å²) < 4.78 is 25.9. The monoisotopic (exact) mass is 525 g/mol. The number of carbonyl (C=O) groups is 2. The van der Waals surface area contributed by atoms with Crippen LogP contribution in [0.25, 0.3) is 11.3 Å². The summed E-state index contributed by atoms with van der Waals surface area (Å²) in [4.78, 5) is 36.7. The van der Waals surface area contributed by atoms with Gasteiger partial charge in [-0.05, 0) is 51.8 Å². The predicted molar refractivity (Wildman–Crippen MR) is 140 cm³/mol.